The predicted molar refractivity (Wildman–Crippen MR) is 56.6 cm³/mol. The van der Waals surface area contributed by atoms with E-state index in [1.54, 1.807) is 6.92 Å². The Labute approximate surface area is 81.1 Å². The molecule has 4 heteroatoms. The third-order valence-electron chi connectivity index (χ3n) is 1.79. The number of nitrogens with one attached hydrogen (secondary N) is 1. The van der Waals surface area contributed by atoms with Crippen molar-refractivity contribution < 1.29 is 8.42 Å². The summed E-state index contributed by atoms with van der Waals surface area (Å²) in [6.07, 6.45) is 2.69. The van der Waals surface area contributed by atoms with Gasteiger partial charge in [-0.1, -0.05) is 13.0 Å². The minimum Gasteiger partial charge on any atom is -0.313 e. The van der Waals surface area contributed by atoms with Crippen LogP contribution in [0, 0.1) is 0 Å². The summed E-state index contributed by atoms with van der Waals surface area (Å²) in [7, 11) is -2.84. The number of hydrogen-bond acceptors (Lipinski definition) is 3. The summed E-state index contributed by atoms with van der Waals surface area (Å²) in [5, 5.41) is 3.12. The van der Waals surface area contributed by atoms with E-state index in [2.05, 4.69) is 11.9 Å². The van der Waals surface area contributed by atoms with Crippen molar-refractivity contribution in [2.75, 3.05) is 18.1 Å². The molecule has 1 unspecified atom stereocenters. The molecule has 0 rings (SSSR count). The lowest BCUT2D eigenvalue weighted by molar-refractivity contribution is 0.561. The van der Waals surface area contributed by atoms with Crippen molar-refractivity contribution in [3.8, 4) is 0 Å². The molecule has 0 aliphatic rings. The topological polar surface area (TPSA) is 46.2 Å². The first-order valence-corrected chi connectivity index (χ1v) is 6.38. The van der Waals surface area contributed by atoms with Crippen LogP contribution in [0.5, 0.6) is 0 Å². The van der Waals surface area contributed by atoms with Gasteiger partial charge < -0.3 is 5.32 Å². The van der Waals surface area contributed by atoms with E-state index in [4.69, 9.17) is 0 Å². The van der Waals surface area contributed by atoms with E-state index in [1.807, 2.05) is 13.0 Å². The van der Waals surface area contributed by atoms with Crippen molar-refractivity contribution in [2.45, 2.75) is 26.3 Å². The maximum Gasteiger partial charge on any atom is 0.151 e. The van der Waals surface area contributed by atoms with Crippen LogP contribution in [0.25, 0.3) is 0 Å². The van der Waals surface area contributed by atoms with E-state index in [-0.39, 0.29) is 17.5 Å². The molecular weight excluding hydrogens is 186 g/mol. The summed E-state index contributed by atoms with van der Waals surface area (Å²) in [4.78, 5) is 0. The highest BCUT2D eigenvalue weighted by Crippen LogP contribution is 1.94. The molecule has 1 N–H and O–H groups in total. The van der Waals surface area contributed by atoms with Crippen LogP contribution in [0.4, 0.5) is 0 Å². The summed E-state index contributed by atoms with van der Waals surface area (Å²) < 4.78 is 22.4. The van der Waals surface area contributed by atoms with Gasteiger partial charge in [-0.2, -0.15) is 0 Å². The Morgan fingerprint density at radius 1 is 1.54 bits per heavy atom. The maximum atomic E-state index is 11.2. The first-order valence-electron chi connectivity index (χ1n) is 4.56. The Bertz CT molecular complexity index is 234. The average Bonchev–Trinajstić information content (AvgIpc) is 2.04. The first kappa shape index (κ1) is 12.7. The molecule has 0 saturated heterocycles. The fraction of sp³-hybridized carbons (Fsp3) is 0.778. The van der Waals surface area contributed by atoms with Gasteiger partial charge >= 0.3 is 0 Å². The summed E-state index contributed by atoms with van der Waals surface area (Å²) in [5.41, 5.74) is 0. The second-order valence-electron chi connectivity index (χ2n) is 3.13. The van der Waals surface area contributed by atoms with Crippen molar-refractivity contribution in [1.29, 1.82) is 0 Å². The lowest BCUT2D eigenvalue weighted by atomic mass is 10.3. The van der Waals surface area contributed by atoms with E-state index in [0.29, 0.717) is 0 Å². The van der Waals surface area contributed by atoms with Crippen LogP contribution in [0.2, 0.25) is 0 Å². The van der Waals surface area contributed by atoms with E-state index < -0.39 is 9.84 Å². The molecule has 0 aliphatic carbocycles. The fourth-order valence-corrected chi connectivity index (χ4v) is 2.10. The molecular formula is C9H19NO2S. The minimum absolute atomic E-state index is 0.0323. The molecule has 0 heterocycles. The van der Waals surface area contributed by atoms with Gasteiger partial charge in [0.05, 0.1) is 5.75 Å². The Morgan fingerprint density at radius 3 is 2.62 bits per heavy atom. The Hall–Kier alpha value is -0.350. The smallest absolute Gasteiger partial charge is 0.151 e. The van der Waals surface area contributed by atoms with E-state index >= 15 is 0 Å². The second-order valence-corrected chi connectivity index (χ2v) is 5.53. The van der Waals surface area contributed by atoms with Gasteiger partial charge in [-0.15, -0.1) is 6.58 Å². The molecule has 0 fully saturated rings. The third-order valence-corrected chi connectivity index (χ3v) is 3.67. The summed E-state index contributed by atoms with van der Waals surface area (Å²) in [6, 6.07) is 0.0323. The van der Waals surface area contributed by atoms with E-state index in [0.717, 1.165) is 13.0 Å². The minimum atomic E-state index is -2.84. The quantitative estimate of drug-likeness (QED) is 0.498. The van der Waals surface area contributed by atoms with Crippen molar-refractivity contribution >= 4 is 9.84 Å². The predicted octanol–water partition coefficient (Wildman–Crippen LogP) is 0.975. The monoisotopic (exact) mass is 205 g/mol. The molecule has 0 radical (unpaired) electrons. The highest BCUT2D eigenvalue weighted by molar-refractivity contribution is 7.91. The molecule has 1 atom stereocenters. The van der Waals surface area contributed by atoms with Crippen molar-refractivity contribution in [3.05, 3.63) is 12.7 Å². The van der Waals surface area contributed by atoms with Crippen molar-refractivity contribution in [1.82, 2.24) is 5.32 Å². The van der Waals surface area contributed by atoms with Gasteiger partial charge in [-0.25, -0.2) is 8.42 Å². The number of sulfone groups is 1. The van der Waals surface area contributed by atoms with E-state index in [9.17, 15) is 8.42 Å². The maximum absolute atomic E-state index is 11.2. The van der Waals surface area contributed by atoms with Gasteiger partial charge in [0.1, 0.15) is 0 Å². The van der Waals surface area contributed by atoms with Crippen LogP contribution < -0.4 is 5.32 Å². The SMILES string of the molecule is C=CCCNC(C)CS(=O)(=O)CC. The molecule has 3 nitrogen and oxygen atoms in total. The third kappa shape index (κ3) is 6.78. The first-order chi connectivity index (χ1) is 6.02. The fourth-order valence-electron chi connectivity index (χ4n) is 0.989. The van der Waals surface area contributed by atoms with E-state index in [1.165, 1.54) is 0 Å². The van der Waals surface area contributed by atoms with Crippen LogP contribution in [-0.4, -0.2) is 32.5 Å². The van der Waals surface area contributed by atoms with Gasteiger partial charge in [0, 0.05) is 11.8 Å². The molecule has 0 saturated carbocycles. The zero-order valence-corrected chi connectivity index (χ0v) is 9.23. The standard InChI is InChI=1S/C9H19NO2S/c1-4-6-7-10-9(3)8-13(11,12)5-2/h4,9-10H,1,5-8H2,2-3H3. The lowest BCUT2D eigenvalue weighted by Crippen LogP contribution is -2.34. The second kappa shape index (κ2) is 6.16. The van der Waals surface area contributed by atoms with Crippen LogP contribution in [-0.2, 0) is 9.84 Å². The summed E-state index contributed by atoms with van der Waals surface area (Å²) >= 11 is 0. The highest BCUT2D eigenvalue weighted by Gasteiger charge is 2.12. The largest absolute Gasteiger partial charge is 0.313 e. The van der Waals surface area contributed by atoms with Crippen LogP contribution in [0.3, 0.4) is 0 Å². The van der Waals surface area contributed by atoms with Crippen LogP contribution >= 0.6 is 0 Å². The van der Waals surface area contributed by atoms with Crippen LogP contribution in [0.15, 0.2) is 12.7 Å². The van der Waals surface area contributed by atoms with Gasteiger partial charge in [-0.3, -0.25) is 0 Å². The lowest BCUT2D eigenvalue weighted by Gasteiger charge is -2.12. The average molecular weight is 205 g/mol. The van der Waals surface area contributed by atoms with Gasteiger partial charge in [0.25, 0.3) is 0 Å². The Balaban J connectivity index is 3.74. The molecule has 78 valence electrons. The van der Waals surface area contributed by atoms with Gasteiger partial charge in [-0.05, 0) is 19.9 Å². The molecule has 0 aromatic rings. The summed E-state index contributed by atoms with van der Waals surface area (Å²) in [6.45, 7) is 7.94. The molecule has 0 amide bonds. The Morgan fingerprint density at radius 2 is 2.15 bits per heavy atom. The van der Waals surface area contributed by atoms with Crippen molar-refractivity contribution in [2.24, 2.45) is 0 Å². The van der Waals surface area contributed by atoms with Gasteiger partial charge in [0.2, 0.25) is 0 Å². The highest BCUT2D eigenvalue weighted by atomic mass is 32.2. The summed E-state index contributed by atoms with van der Waals surface area (Å²) in [5.74, 6) is 0.446. The number of rotatable bonds is 7. The molecule has 0 aromatic carbocycles. The molecule has 0 aliphatic heterocycles. The number of hydrogen-bond donors (Lipinski definition) is 1. The zero-order valence-electron chi connectivity index (χ0n) is 8.41. The molecule has 0 aromatic heterocycles. The zero-order chi connectivity index (χ0) is 10.3. The van der Waals surface area contributed by atoms with Crippen LogP contribution in [0.1, 0.15) is 20.3 Å². The Kier molecular flexibility index (Phi) is 5.99. The molecule has 0 bridgehead atoms. The van der Waals surface area contributed by atoms with Gasteiger partial charge in [0.15, 0.2) is 9.84 Å². The normalized spacial score (nSPS) is 14.0. The van der Waals surface area contributed by atoms with Crippen molar-refractivity contribution in [3.63, 3.8) is 0 Å². The molecule has 13 heavy (non-hydrogen) atoms. The molecule has 0 spiro atoms.